The summed E-state index contributed by atoms with van der Waals surface area (Å²) in [4.78, 5) is 20.3. The number of H-pyrrole nitrogens is 1. The van der Waals surface area contributed by atoms with Gasteiger partial charge < -0.3 is 10.3 Å². The lowest BCUT2D eigenvalue weighted by Crippen LogP contribution is -2.24. The van der Waals surface area contributed by atoms with E-state index in [1.54, 1.807) is 17.0 Å². The summed E-state index contributed by atoms with van der Waals surface area (Å²) in [5, 5.41) is 4.40. The van der Waals surface area contributed by atoms with Crippen LogP contribution < -0.4 is 10.9 Å². The van der Waals surface area contributed by atoms with Gasteiger partial charge in [-0.2, -0.15) is 0 Å². The highest BCUT2D eigenvalue weighted by Crippen LogP contribution is 2.19. The van der Waals surface area contributed by atoms with Crippen LogP contribution in [0.2, 0.25) is 0 Å². The maximum absolute atomic E-state index is 12.8. The van der Waals surface area contributed by atoms with Crippen LogP contribution in [0, 0.1) is 6.92 Å². The van der Waals surface area contributed by atoms with Gasteiger partial charge in [0, 0.05) is 46.2 Å². The molecule has 0 bridgehead atoms. The molecule has 0 aliphatic rings. The second kappa shape index (κ2) is 7.40. The largest absolute Gasteiger partial charge is 0.365 e. The standard InChI is InChI=1S/C21H19BrN4O/c1-14-12-16(6-7-18(14)22)26-11-10-24-20(21(26)27)23-9-8-15-13-25-19-5-3-2-4-17(15)19/h2-7,10-13,25H,8-9H2,1H3,(H,23,24). The molecule has 6 heteroatoms. The molecule has 2 heterocycles. The molecule has 0 radical (unpaired) electrons. The van der Waals surface area contributed by atoms with E-state index in [1.807, 2.05) is 43.5 Å². The molecule has 4 aromatic rings. The first-order chi connectivity index (χ1) is 13.1. The van der Waals surface area contributed by atoms with E-state index in [2.05, 4.69) is 43.3 Å². The summed E-state index contributed by atoms with van der Waals surface area (Å²) in [6.07, 6.45) is 6.16. The highest BCUT2D eigenvalue weighted by atomic mass is 79.9. The molecule has 0 saturated heterocycles. The smallest absolute Gasteiger partial charge is 0.297 e. The molecule has 4 rings (SSSR count). The molecule has 0 spiro atoms. The Balaban J connectivity index is 1.53. The van der Waals surface area contributed by atoms with Crippen molar-refractivity contribution in [3.8, 4) is 5.69 Å². The second-order valence-corrected chi connectivity index (χ2v) is 7.28. The van der Waals surface area contributed by atoms with Gasteiger partial charge in [0.2, 0.25) is 0 Å². The van der Waals surface area contributed by atoms with Gasteiger partial charge in [0.25, 0.3) is 5.56 Å². The summed E-state index contributed by atoms with van der Waals surface area (Å²) in [6.45, 7) is 2.63. The average Bonchev–Trinajstić information content (AvgIpc) is 3.09. The van der Waals surface area contributed by atoms with Gasteiger partial charge in [-0.25, -0.2) is 4.98 Å². The number of rotatable bonds is 5. The molecule has 0 atom stereocenters. The van der Waals surface area contributed by atoms with Crippen LogP contribution in [0.25, 0.3) is 16.6 Å². The molecule has 0 saturated carbocycles. The van der Waals surface area contributed by atoms with E-state index in [4.69, 9.17) is 0 Å². The van der Waals surface area contributed by atoms with Crippen LogP contribution in [0.3, 0.4) is 0 Å². The predicted octanol–water partition coefficient (Wildman–Crippen LogP) is 4.44. The van der Waals surface area contributed by atoms with Crippen LogP contribution in [0.5, 0.6) is 0 Å². The van der Waals surface area contributed by atoms with Gasteiger partial charge >= 0.3 is 0 Å². The summed E-state index contributed by atoms with van der Waals surface area (Å²) in [7, 11) is 0. The quantitative estimate of drug-likeness (QED) is 0.499. The molecule has 27 heavy (non-hydrogen) atoms. The summed E-state index contributed by atoms with van der Waals surface area (Å²) >= 11 is 3.49. The molecule has 0 fully saturated rings. The fourth-order valence-corrected chi connectivity index (χ4v) is 3.42. The van der Waals surface area contributed by atoms with Crippen LogP contribution in [0.4, 0.5) is 5.82 Å². The second-order valence-electron chi connectivity index (χ2n) is 6.42. The first kappa shape index (κ1) is 17.5. The van der Waals surface area contributed by atoms with Gasteiger partial charge in [0.1, 0.15) is 0 Å². The van der Waals surface area contributed by atoms with Crippen LogP contribution in [-0.4, -0.2) is 21.1 Å². The number of fused-ring (bicyclic) bond motifs is 1. The minimum absolute atomic E-state index is 0.154. The summed E-state index contributed by atoms with van der Waals surface area (Å²) < 4.78 is 2.63. The maximum atomic E-state index is 12.8. The average molecular weight is 423 g/mol. The molecule has 2 aromatic heterocycles. The fraction of sp³-hybridized carbons (Fsp3) is 0.143. The Hall–Kier alpha value is -2.86. The fourth-order valence-electron chi connectivity index (χ4n) is 3.17. The molecule has 0 unspecified atom stereocenters. The van der Waals surface area contributed by atoms with Crippen molar-refractivity contribution in [2.45, 2.75) is 13.3 Å². The summed E-state index contributed by atoms with van der Waals surface area (Å²) in [5.41, 5.74) is 4.09. The minimum Gasteiger partial charge on any atom is -0.365 e. The number of hydrogen-bond acceptors (Lipinski definition) is 3. The van der Waals surface area contributed by atoms with Gasteiger partial charge in [-0.05, 0) is 48.7 Å². The molecule has 2 aromatic carbocycles. The predicted molar refractivity (Wildman–Crippen MR) is 113 cm³/mol. The van der Waals surface area contributed by atoms with Crippen molar-refractivity contribution < 1.29 is 0 Å². The Kier molecular flexibility index (Phi) is 4.81. The Morgan fingerprint density at radius 2 is 2.07 bits per heavy atom. The molecule has 136 valence electrons. The zero-order valence-electron chi connectivity index (χ0n) is 14.9. The number of aromatic nitrogens is 3. The van der Waals surface area contributed by atoms with Crippen molar-refractivity contribution in [3.63, 3.8) is 0 Å². The highest BCUT2D eigenvalue weighted by molar-refractivity contribution is 9.10. The zero-order valence-corrected chi connectivity index (χ0v) is 16.5. The first-order valence-corrected chi connectivity index (χ1v) is 9.56. The summed E-state index contributed by atoms with van der Waals surface area (Å²) in [6, 6.07) is 14.0. The van der Waals surface area contributed by atoms with Crippen molar-refractivity contribution in [1.82, 2.24) is 14.5 Å². The van der Waals surface area contributed by atoms with E-state index in [-0.39, 0.29) is 5.56 Å². The topological polar surface area (TPSA) is 62.7 Å². The normalized spacial score (nSPS) is 11.0. The van der Waals surface area contributed by atoms with Gasteiger partial charge in [-0.1, -0.05) is 34.1 Å². The molecule has 5 nitrogen and oxygen atoms in total. The number of anilines is 1. The number of hydrogen-bond donors (Lipinski definition) is 2. The van der Waals surface area contributed by atoms with Gasteiger partial charge in [0.15, 0.2) is 5.82 Å². The number of halogens is 1. The number of aryl methyl sites for hydroxylation is 1. The van der Waals surface area contributed by atoms with Crippen LogP contribution in [0.1, 0.15) is 11.1 Å². The SMILES string of the molecule is Cc1cc(-n2ccnc(NCCc3c[nH]c4ccccc34)c2=O)ccc1Br. The molecule has 2 N–H and O–H groups in total. The van der Waals surface area contributed by atoms with E-state index in [0.717, 1.165) is 27.7 Å². The number of benzene rings is 2. The molecular formula is C21H19BrN4O. The van der Waals surface area contributed by atoms with E-state index in [9.17, 15) is 4.79 Å². The van der Waals surface area contributed by atoms with Gasteiger partial charge in [-0.3, -0.25) is 9.36 Å². The van der Waals surface area contributed by atoms with Crippen molar-refractivity contribution in [2.75, 3.05) is 11.9 Å². The maximum Gasteiger partial charge on any atom is 0.297 e. The third kappa shape index (κ3) is 3.53. The Bertz CT molecular complexity index is 1160. The minimum atomic E-state index is -0.154. The highest BCUT2D eigenvalue weighted by Gasteiger charge is 2.08. The molecule has 0 amide bonds. The Morgan fingerprint density at radius 1 is 1.22 bits per heavy atom. The zero-order chi connectivity index (χ0) is 18.8. The lowest BCUT2D eigenvalue weighted by atomic mass is 10.1. The molecule has 0 aliphatic heterocycles. The van der Waals surface area contributed by atoms with E-state index < -0.39 is 0 Å². The van der Waals surface area contributed by atoms with Crippen molar-refractivity contribution in [1.29, 1.82) is 0 Å². The number of aromatic amines is 1. The van der Waals surface area contributed by atoms with Crippen molar-refractivity contribution >= 4 is 32.7 Å². The summed E-state index contributed by atoms with van der Waals surface area (Å²) in [5.74, 6) is 0.359. The van der Waals surface area contributed by atoms with Crippen LogP contribution >= 0.6 is 15.9 Å². The van der Waals surface area contributed by atoms with Crippen molar-refractivity contribution in [3.05, 3.63) is 87.0 Å². The lowest BCUT2D eigenvalue weighted by Gasteiger charge is -2.10. The lowest BCUT2D eigenvalue weighted by molar-refractivity contribution is 0.932. The Labute approximate surface area is 165 Å². The third-order valence-electron chi connectivity index (χ3n) is 4.62. The van der Waals surface area contributed by atoms with E-state index >= 15 is 0 Å². The van der Waals surface area contributed by atoms with Crippen molar-refractivity contribution in [2.24, 2.45) is 0 Å². The monoisotopic (exact) mass is 422 g/mol. The third-order valence-corrected chi connectivity index (χ3v) is 5.51. The van der Waals surface area contributed by atoms with Gasteiger partial charge in [-0.15, -0.1) is 0 Å². The molecular weight excluding hydrogens is 404 g/mol. The number of nitrogens with zero attached hydrogens (tertiary/aromatic N) is 2. The van der Waals surface area contributed by atoms with Crippen LogP contribution in [0.15, 0.2) is 70.3 Å². The first-order valence-electron chi connectivity index (χ1n) is 8.76. The van der Waals surface area contributed by atoms with Gasteiger partial charge in [0.05, 0.1) is 0 Å². The Morgan fingerprint density at radius 3 is 2.93 bits per heavy atom. The molecule has 0 aliphatic carbocycles. The van der Waals surface area contributed by atoms with E-state index in [1.165, 1.54) is 10.9 Å². The van der Waals surface area contributed by atoms with Crippen LogP contribution in [-0.2, 0) is 6.42 Å². The number of nitrogens with one attached hydrogen (secondary N) is 2. The van der Waals surface area contributed by atoms with E-state index in [0.29, 0.717) is 12.4 Å². The number of para-hydroxylation sites is 1.